The Kier molecular flexibility index (Phi) is 6.25. The molecule has 15 heavy (non-hydrogen) atoms. The van der Waals surface area contributed by atoms with Gasteiger partial charge in [-0.25, -0.2) is 0 Å². The van der Waals surface area contributed by atoms with Crippen LogP contribution >= 0.6 is 15.9 Å². The smallest absolute Gasteiger partial charge is 0.217 e. The highest BCUT2D eigenvalue weighted by atomic mass is 79.9. The highest BCUT2D eigenvalue weighted by molar-refractivity contribution is 9.09. The summed E-state index contributed by atoms with van der Waals surface area (Å²) in [6.45, 7) is 4.95. The Morgan fingerprint density at radius 2 is 2.27 bits per heavy atom. The van der Waals surface area contributed by atoms with E-state index >= 15 is 0 Å². The van der Waals surface area contributed by atoms with Gasteiger partial charge < -0.3 is 10.2 Å². The molecular formula is C11H21BrN2O. The maximum absolute atomic E-state index is 10.9. The second-order valence-electron chi connectivity index (χ2n) is 4.24. The van der Waals surface area contributed by atoms with Gasteiger partial charge in [-0.1, -0.05) is 22.4 Å². The van der Waals surface area contributed by atoms with Crippen LogP contribution in [0.1, 0.15) is 32.6 Å². The number of unbranched alkanes of at least 4 members (excludes halogenated alkanes) is 2. The molecule has 1 N–H and O–H groups in total. The number of halogens is 1. The van der Waals surface area contributed by atoms with Gasteiger partial charge in [0, 0.05) is 31.4 Å². The molecule has 0 radical (unpaired) electrons. The zero-order valence-electron chi connectivity index (χ0n) is 9.47. The van der Waals surface area contributed by atoms with Crippen molar-refractivity contribution in [3.63, 3.8) is 0 Å². The van der Waals surface area contributed by atoms with Gasteiger partial charge in [-0.05, 0) is 25.8 Å². The molecule has 1 fully saturated rings. The summed E-state index contributed by atoms with van der Waals surface area (Å²) >= 11 is 3.44. The topological polar surface area (TPSA) is 32.3 Å². The molecule has 0 saturated carbocycles. The fourth-order valence-corrected chi connectivity index (χ4v) is 2.44. The van der Waals surface area contributed by atoms with E-state index in [4.69, 9.17) is 0 Å². The minimum atomic E-state index is 0.0983. The number of hydrogen-bond acceptors (Lipinski definition) is 2. The molecule has 1 heterocycles. The SMILES string of the molecule is CC(=O)NC1CCN(CCCCCBr)C1. The highest BCUT2D eigenvalue weighted by Gasteiger charge is 2.21. The molecule has 1 aliphatic rings. The number of alkyl halides is 1. The van der Waals surface area contributed by atoms with E-state index in [1.54, 1.807) is 6.92 Å². The van der Waals surface area contributed by atoms with Crippen LogP contribution in [0.5, 0.6) is 0 Å². The number of amides is 1. The number of carbonyl (C=O) groups excluding carboxylic acids is 1. The second kappa shape index (κ2) is 7.23. The lowest BCUT2D eigenvalue weighted by Crippen LogP contribution is -2.35. The Morgan fingerprint density at radius 1 is 1.47 bits per heavy atom. The largest absolute Gasteiger partial charge is 0.352 e. The van der Waals surface area contributed by atoms with Crippen LogP contribution in [0.3, 0.4) is 0 Å². The Morgan fingerprint density at radius 3 is 2.93 bits per heavy atom. The molecule has 0 aliphatic carbocycles. The van der Waals surface area contributed by atoms with Crippen molar-refractivity contribution in [2.75, 3.05) is 25.0 Å². The molecule has 3 nitrogen and oxygen atoms in total. The van der Waals surface area contributed by atoms with Gasteiger partial charge >= 0.3 is 0 Å². The first-order valence-corrected chi connectivity index (χ1v) is 6.90. The van der Waals surface area contributed by atoms with Crippen molar-refractivity contribution in [1.82, 2.24) is 10.2 Å². The predicted octanol–water partition coefficient (Wildman–Crippen LogP) is 1.76. The molecule has 1 saturated heterocycles. The van der Waals surface area contributed by atoms with Gasteiger partial charge in [-0.15, -0.1) is 0 Å². The van der Waals surface area contributed by atoms with Crippen molar-refractivity contribution < 1.29 is 4.79 Å². The highest BCUT2D eigenvalue weighted by Crippen LogP contribution is 2.10. The lowest BCUT2D eigenvalue weighted by molar-refractivity contribution is -0.119. The summed E-state index contributed by atoms with van der Waals surface area (Å²) in [5.74, 6) is 0.0983. The van der Waals surface area contributed by atoms with Gasteiger partial charge in [0.05, 0.1) is 0 Å². The summed E-state index contributed by atoms with van der Waals surface area (Å²) in [6, 6.07) is 0.388. The summed E-state index contributed by atoms with van der Waals surface area (Å²) < 4.78 is 0. The molecule has 0 aromatic rings. The molecular weight excluding hydrogens is 256 g/mol. The van der Waals surface area contributed by atoms with Crippen LogP contribution in [0.15, 0.2) is 0 Å². The van der Waals surface area contributed by atoms with Crippen LogP contribution in [-0.2, 0) is 4.79 Å². The minimum Gasteiger partial charge on any atom is -0.352 e. The summed E-state index contributed by atoms with van der Waals surface area (Å²) in [5, 5.41) is 4.10. The lowest BCUT2D eigenvalue weighted by Gasteiger charge is -2.15. The van der Waals surface area contributed by atoms with E-state index in [1.807, 2.05) is 0 Å². The number of nitrogens with one attached hydrogen (secondary N) is 1. The average molecular weight is 277 g/mol. The Labute approximate surface area is 101 Å². The quantitative estimate of drug-likeness (QED) is 0.592. The monoisotopic (exact) mass is 276 g/mol. The molecule has 1 amide bonds. The van der Waals surface area contributed by atoms with Crippen molar-refractivity contribution >= 4 is 21.8 Å². The van der Waals surface area contributed by atoms with Gasteiger partial charge in [0.1, 0.15) is 0 Å². The van der Waals surface area contributed by atoms with E-state index in [0.29, 0.717) is 6.04 Å². The van der Waals surface area contributed by atoms with Crippen molar-refractivity contribution in [2.24, 2.45) is 0 Å². The van der Waals surface area contributed by atoms with Crippen LogP contribution in [0, 0.1) is 0 Å². The molecule has 1 aliphatic heterocycles. The normalized spacial score (nSPS) is 21.9. The molecule has 4 heteroatoms. The summed E-state index contributed by atoms with van der Waals surface area (Å²) in [7, 11) is 0. The third kappa shape index (κ3) is 5.52. The number of likely N-dealkylation sites (tertiary alicyclic amines) is 1. The first kappa shape index (κ1) is 13.0. The zero-order valence-corrected chi connectivity index (χ0v) is 11.1. The minimum absolute atomic E-state index is 0.0983. The number of carbonyl (C=O) groups is 1. The fraction of sp³-hybridized carbons (Fsp3) is 0.909. The van der Waals surface area contributed by atoms with E-state index < -0.39 is 0 Å². The van der Waals surface area contributed by atoms with E-state index in [-0.39, 0.29) is 5.91 Å². The first-order valence-electron chi connectivity index (χ1n) is 5.78. The van der Waals surface area contributed by atoms with Crippen molar-refractivity contribution in [3.8, 4) is 0 Å². The van der Waals surface area contributed by atoms with E-state index in [9.17, 15) is 4.79 Å². The Hall–Kier alpha value is -0.0900. The fourth-order valence-electron chi connectivity index (χ4n) is 2.05. The molecule has 1 rings (SSSR count). The molecule has 0 bridgehead atoms. The van der Waals surface area contributed by atoms with Crippen LogP contribution in [-0.4, -0.2) is 41.8 Å². The van der Waals surface area contributed by atoms with Gasteiger partial charge in [0.15, 0.2) is 0 Å². The first-order chi connectivity index (χ1) is 7.22. The van der Waals surface area contributed by atoms with Gasteiger partial charge in [0.25, 0.3) is 0 Å². The molecule has 1 unspecified atom stereocenters. The predicted molar refractivity (Wildman–Crippen MR) is 66.3 cm³/mol. The maximum atomic E-state index is 10.9. The van der Waals surface area contributed by atoms with Crippen molar-refractivity contribution in [1.29, 1.82) is 0 Å². The average Bonchev–Trinajstić information content (AvgIpc) is 2.59. The van der Waals surface area contributed by atoms with Gasteiger partial charge in [-0.3, -0.25) is 4.79 Å². The van der Waals surface area contributed by atoms with Crippen LogP contribution in [0.25, 0.3) is 0 Å². The van der Waals surface area contributed by atoms with Crippen LogP contribution in [0.2, 0.25) is 0 Å². The third-order valence-electron chi connectivity index (χ3n) is 2.79. The molecule has 0 aromatic carbocycles. The van der Waals surface area contributed by atoms with E-state index in [2.05, 4.69) is 26.1 Å². The maximum Gasteiger partial charge on any atom is 0.217 e. The van der Waals surface area contributed by atoms with E-state index in [0.717, 1.165) is 24.8 Å². The third-order valence-corrected chi connectivity index (χ3v) is 3.35. The van der Waals surface area contributed by atoms with Gasteiger partial charge in [0.2, 0.25) is 5.91 Å². The van der Waals surface area contributed by atoms with Crippen LogP contribution < -0.4 is 5.32 Å². The molecule has 0 aromatic heterocycles. The summed E-state index contributed by atoms with van der Waals surface area (Å²) in [4.78, 5) is 13.3. The summed E-state index contributed by atoms with van der Waals surface area (Å²) in [6.07, 6.45) is 4.95. The summed E-state index contributed by atoms with van der Waals surface area (Å²) in [5.41, 5.74) is 0. The van der Waals surface area contributed by atoms with Gasteiger partial charge in [-0.2, -0.15) is 0 Å². The lowest BCUT2D eigenvalue weighted by atomic mass is 10.2. The second-order valence-corrected chi connectivity index (χ2v) is 5.03. The number of rotatable bonds is 6. The number of nitrogens with zero attached hydrogens (tertiary/aromatic N) is 1. The standard InChI is InChI=1S/C11H21BrN2O/c1-10(15)13-11-5-8-14(9-11)7-4-2-3-6-12/h11H,2-9H2,1H3,(H,13,15). The zero-order chi connectivity index (χ0) is 11.1. The van der Waals surface area contributed by atoms with Crippen molar-refractivity contribution in [2.45, 2.75) is 38.6 Å². The molecule has 88 valence electrons. The van der Waals surface area contributed by atoms with E-state index in [1.165, 1.54) is 25.8 Å². The Bertz CT molecular complexity index is 199. The Balaban J connectivity index is 2.05. The molecule has 0 spiro atoms. The number of hydrogen-bond donors (Lipinski definition) is 1. The van der Waals surface area contributed by atoms with Crippen LogP contribution in [0.4, 0.5) is 0 Å². The van der Waals surface area contributed by atoms with Crippen molar-refractivity contribution in [3.05, 3.63) is 0 Å². The molecule has 1 atom stereocenters.